The summed E-state index contributed by atoms with van der Waals surface area (Å²) in [5.41, 5.74) is 15.1. The fourth-order valence-electron chi connectivity index (χ4n) is 6.13. The Labute approximate surface area is 261 Å². The van der Waals surface area contributed by atoms with Crippen LogP contribution in [0.25, 0.3) is 79.8 Å². The van der Waals surface area contributed by atoms with E-state index in [-0.39, 0.29) is 0 Å². The second-order valence-electron chi connectivity index (χ2n) is 11.3. The van der Waals surface area contributed by atoms with Crippen LogP contribution in [0.2, 0.25) is 0 Å². The van der Waals surface area contributed by atoms with Gasteiger partial charge in [0, 0.05) is 38.8 Å². The monoisotopic (exact) mass is 582 g/mol. The molecule has 2 aliphatic heterocycles. The maximum atomic E-state index is 5.45. The number of nitrogens with zero attached hydrogens (tertiary/aromatic N) is 2. The van der Waals surface area contributed by atoms with Gasteiger partial charge < -0.3 is 14.7 Å². The van der Waals surface area contributed by atoms with Crippen LogP contribution < -0.4 is 4.74 Å². The lowest BCUT2D eigenvalue weighted by molar-refractivity contribution is 0.415. The number of hydrogen-bond donors (Lipinski definition) is 2. The molecule has 0 saturated carbocycles. The molecule has 0 spiro atoms. The van der Waals surface area contributed by atoms with E-state index in [1.165, 1.54) is 5.56 Å². The van der Waals surface area contributed by atoms with Crippen molar-refractivity contribution in [3.05, 3.63) is 138 Å². The maximum Gasteiger partial charge on any atom is 0.118 e. The number of methoxy groups -OCH3 is 1. The molecule has 0 aliphatic carbocycles. The molecule has 0 saturated heterocycles. The third-order valence-electron chi connectivity index (χ3n) is 8.36. The van der Waals surface area contributed by atoms with Crippen molar-refractivity contribution in [1.29, 1.82) is 0 Å². The Kier molecular flexibility index (Phi) is 6.50. The van der Waals surface area contributed by atoms with Gasteiger partial charge in [-0.1, -0.05) is 72.3 Å². The largest absolute Gasteiger partial charge is 0.497 e. The summed E-state index contributed by atoms with van der Waals surface area (Å²) in [6, 6.07) is 37.8. The molecular formula is C40H30N4O. The predicted octanol–water partition coefficient (Wildman–Crippen LogP) is 9.97. The number of nitrogens with one attached hydrogen (secondary N) is 2. The number of rotatable bonds is 4. The van der Waals surface area contributed by atoms with Crippen molar-refractivity contribution in [2.24, 2.45) is 0 Å². The fourth-order valence-corrected chi connectivity index (χ4v) is 6.13. The Bertz CT molecular complexity index is 2290. The normalized spacial score (nSPS) is 12.0. The van der Waals surface area contributed by atoms with E-state index in [0.717, 1.165) is 84.0 Å². The molecule has 3 aromatic carbocycles. The molecule has 216 valence electrons. The van der Waals surface area contributed by atoms with Crippen molar-refractivity contribution in [1.82, 2.24) is 19.9 Å². The molecule has 0 radical (unpaired) electrons. The third-order valence-corrected chi connectivity index (χ3v) is 8.36. The number of hydrogen-bond acceptors (Lipinski definition) is 3. The van der Waals surface area contributed by atoms with Crippen LogP contribution in [0.3, 0.4) is 0 Å². The highest BCUT2D eigenvalue weighted by Crippen LogP contribution is 2.36. The number of benzene rings is 3. The molecule has 5 heteroatoms. The summed E-state index contributed by atoms with van der Waals surface area (Å²) in [5.74, 6) is 0.811. The van der Waals surface area contributed by atoms with Gasteiger partial charge in [0.2, 0.25) is 0 Å². The summed E-state index contributed by atoms with van der Waals surface area (Å²) in [5, 5.41) is 0. The number of ether oxygens (including phenoxy) is 1. The van der Waals surface area contributed by atoms with Crippen LogP contribution in [0.1, 0.15) is 28.3 Å². The first-order valence-electron chi connectivity index (χ1n) is 15.0. The average molecular weight is 583 g/mol. The Hall–Kier alpha value is -5.94. The molecule has 0 unspecified atom stereocenters. The van der Waals surface area contributed by atoms with Crippen LogP contribution in [0.5, 0.6) is 5.75 Å². The maximum absolute atomic E-state index is 5.45. The predicted molar refractivity (Wildman–Crippen MR) is 186 cm³/mol. The minimum atomic E-state index is 0.811. The van der Waals surface area contributed by atoms with Crippen LogP contribution in [-0.4, -0.2) is 27.0 Å². The smallest absolute Gasteiger partial charge is 0.118 e. The molecule has 2 aliphatic rings. The van der Waals surface area contributed by atoms with Gasteiger partial charge in [-0.15, -0.1) is 0 Å². The van der Waals surface area contributed by atoms with E-state index >= 15 is 0 Å². The molecule has 2 N–H and O–H groups in total. The molecule has 8 rings (SSSR count). The quantitative estimate of drug-likeness (QED) is 0.217. The van der Waals surface area contributed by atoms with Gasteiger partial charge in [0.15, 0.2) is 0 Å². The average Bonchev–Trinajstić information content (AvgIpc) is 3.90. The molecule has 0 amide bonds. The standard InChI is InChI=1S/C40H30N4O/c1-25-8-10-27(11-9-25)39-32-18-14-29(41-32)24-30-15-19-33(42-30)40(28-12-16-31(45-2)17-13-28)37-23-21-35(44-37)38(26-6-4-3-5-7-26)34-20-22-36(39)43-34/h3-24,42-43H,1-2H3. The first kappa shape index (κ1) is 26.7. The third kappa shape index (κ3) is 4.94. The molecule has 3 aromatic heterocycles. The molecule has 5 nitrogen and oxygen atoms in total. The summed E-state index contributed by atoms with van der Waals surface area (Å²) in [4.78, 5) is 17.8. The van der Waals surface area contributed by atoms with E-state index < -0.39 is 0 Å². The summed E-state index contributed by atoms with van der Waals surface area (Å²) in [6.07, 6.45) is 8.40. The number of aromatic amines is 2. The van der Waals surface area contributed by atoms with Crippen molar-refractivity contribution in [2.75, 3.05) is 7.11 Å². The minimum absolute atomic E-state index is 0.811. The van der Waals surface area contributed by atoms with E-state index in [1.807, 2.05) is 18.2 Å². The van der Waals surface area contributed by atoms with Crippen LogP contribution in [-0.2, 0) is 0 Å². The van der Waals surface area contributed by atoms with Crippen LogP contribution in [0.4, 0.5) is 0 Å². The highest BCUT2D eigenvalue weighted by atomic mass is 16.5. The van der Waals surface area contributed by atoms with Gasteiger partial charge in [0.1, 0.15) is 5.75 Å². The van der Waals surface area contributed by atoms with Crippen molar-refractivity contribution in [2.45, 2.75) is 6.92 Å². The highest BCUT2D eigenvalue weighted by molar-refractivity contribution is 5.97. The highest BCUT2D eigenvalue weighted by Gasteiger charge is 2.16. The fraction of sp³-hybridized carbons (Fsp3) is 0.0500. The van der Waals surface area contributed by atoms with E-state index in [0.29, 0.717) is 0 Å². The molecule has 0 atom stereocenters. The SMILES string of the molecule is COc1ccc(-c2c3nc(c(-c4ccccc4)c4ccc([nH]4)c(-c4ccc(C)cc4)c4nc(cc5ccc2[nH]5)C=C4)C=C3)cc1. The van der Waals surface area contributed by atoms with E-state index in [9.17, 15) is 0 Å². The van der Waals surface area contributed by atoms with Crippen LogP contribution >= 0.6 is 0 Å². The molecule has 5 heterocycles. The Morgan fingerprint density at radius 2 is 1.04 bits per heavy atom. The van der Waals surface area contributed by atoms with Crippen molar-refractivity contribution < 1.29 is 4.74 Å². The summed E-state index contributed by atoms with van der Waals surface area (Å²) in [6.45, 7) is 2.11. The van der Waals surface area contributed by atoms with E-state index in [4.69, 9.17) is 14.7 Å². The number of aromatic nitrogens is 4. The second-order valence-corrected chi connectivity index (χ2v) is 11.3. The summed E-state index contributed by atoms with van der Waals surface area (Å²) in [7, 11) is 1.68. The number of H-pyrrole nitrogens is 2. The van der Waals surface area contributed by atoms with Gasteiger partial charge >= 0.3 is 0 Å². The van der Waals surface area contributed by atoms with Gasteiger partial charge in [0.05, 0.1) is 29.9 Å². The molecule has 45 heavy (non-hydrogen) atoms. The van der Waals surface area contributed by atoms with Crippen molar-refractivity contribution in [3.63, 3.8) is 0 Å². The zero-order valence-electron chi connectivity index (χ0n) is 25.0. The zero-order valence-corrected chi connectivity index (χ0v) is 25.0. The van der Waals surface area contributed by atoms with E-state index in [1.54, 1.807) is 7.11 Å². The summed E-state index contributed by atoms with van der Waals surface area (Å²) < 4.78 is 5.45. The number of fused-ring (bicyclic) bond motifs is 8. The summed E-state index contributed by atoms with van der Waals surface area (Å²) >= 11 is 0. The molecular weight excluding hydrogens is 552 g/mol. The minimum Gasteiger partial charge on any atom is -0.497 e. The van der Waals surface area contributed by atoms with Crippen molar-refractivity contribution >= 4 is 46.4 Å². The zero-order chi connectivity index (χ0) is 30.3. The lowest BCUT2D eigenvalue weighted by Gasteiger charge is -2.06. The first-order valence-corrected chi connectivity index (χ1v) is 15.0. The van der Waals surface area contributed by atoms with Gasteiger partial charge in [-0.2, -0.15) is 0 Å². The topological polar surface area (TPSA) is 66.6 Å². The Balaban J connectivity index is 1.51. The molecule has 8 bridgehead atoms. The lowest BCUT2D eigenvalue weighted by Crippen LogP contribution is -1.89. The van der Waals surface area contributed by atoms with Gasteiger partial charge in [0.25, 0.3) is 0 Å². The van der Waals surface area contributed by atoms with Crippen LogP contribution in [0.15, 0.2) is 109 Å². The van der Waals surface area contributed by atoms with Gasteiger partial charge in [-0.25, -0.2) is 9.97 Å². The van der Waals surface area contributed by atoms with Crippen molar-refractivity contribution in [3.8, 4) is 39.1 Å². The first-order chi connectivity index (χ1) is 22.1. The Morgan fingerprint density at radius 3 is 1.69 bits per heavy atom. The second kappa shape index (κ2) is 11.0. The van der Waals surface area contributed by atoms with E-state index in [2.05, 4.69) is 132 Å². The Morgan fingerprint density at radius 1 is 0.511 bits per heavy atom. The van der Waals surface area contributed by atoms with Crippen LogP contribution in [0, 0.1) is 6.92 Å². The number of aryl methyl sites for hydroxylation is 1. The molecule has 0 fully saturated rings. The van der Waals surface area contributed by atoms with Gasteiger partial charge in [-0.3, -0.25) is 0 Å². The lowest BCUT2D eigenvalue weighted by atomic mass is 10.0. The van der Waals surface area contributed by atoms with Gasteiger partial charge in [-0.05, 0) is 90.4 Å². The molecule has 6 aromatic rings.